The Balaban J connectivity index is 1.91. The molecule has 0 bridgehead atoms. The molecule has 1 unspecified atom stereocenters. The molecule has 2 saturated heterocycles. The fourth-order valence-corrected chi connectivity index (χ4v) is 2.49. The molecule has 0 saturated carbocycles. The van der Waals surface area contributed by atoms with Crippen LogP contribution < -0.4 is 5.32 Å². The van der Waals surface area contributed by atoms with Gasteiger partial charge in [-0.3, -0.25) is 14.4 Å². The van der Waals surface area contributed by atoms with Crippen molar-refractivity contribution in [1.29, 1.82) is 0 Å². The number of nitrogens with zero attached hydrogens (tertiary/aromatic N) is 2. The maximum absolute atomic E-state index is 12.2. The van der Waals surface area contributed by atoms with Gasteiger partial charge in [0.15, 0.2) is 0 Å². The Labute approximate surface area is 106 Å². The van der Waals surface area contributed by atoms with E-state index < -0.39 is 0 Å². The third-order valence-corrected chi connectivity index (χ3v) is 3.58. The average molecular weight is 253 g/mol. The molecule has 1 N–H and O–H groups in total. The summed E-state index contributed by atoms with van der Waals surface area (Å²) in [6.45, 7) is 4.55. The van der Waals surface area contributed by atoms with Crippen LogP contribution >= 0.6 is 0 Å². The van der Waals surface area contributed by atoms with Crippen LogP contribution in [0.25, 0.3) is 0 Å². The summed E-state index contributed by atoms with van der Waals surface area (Å²) < 4.78 is 0. The maximum atomic E-state index is 12.2. The zero-order chi connectivity index (χ0) is 13.1. The van der Waals surface area contributed by atoms with Gasteiger partial charge in [0, 0.05) is 46.1 Å². The number of carbonyl (C=O) groups is 3. The Morgan fingerprint density at radius 1 is 1.17 bits per heavy atom. The minimum absolute atomic E-state index is 0.0405. The summed E-state index contributed by atoms with van der Waals surface area (Å²) in [5.74, 6) is -0.171. The van der Waals surface area contributed by atoms with Crippen LogP contribution in [0.15, 0.2) is 0 Å². The molecule has 18 heavy (non-hydrogen) atoms. The van der Waals surface area contributed by atoms with Gasteiger partial charge in [0.05, 0.1) is 5.92 Å². The van der Waals surface area contributed by atoms with E-state index in [1.54, 1.807) is 16.7 Å². The van der Waals surface area contributed by atoms with Crippen LogP contribution in [0.5, 0.6) is 0 Å². The minimum atomic E-state index is -0.221. The normalized spacial score (nSPS) is 24.7. The summed E-state index contributed by atoms with van der Waals surface area (Å²) in [7, 11) is 0. The second kappa shape index (κ2) is 5.37. The van der Waals surface area contributed by atoms with Crippen molar-refractivity contribution in [1.82, 2.24) is 15.1 Å². The number of hydrogen-bond acceptors (Lipinski definition) is 3. The number of nitrogens with one attached hydrogen (secondary N) is 1. The lowest BCUT2D eigenvalue weighted by Gasteiger charge is -2.23. The van der Waals surface area contributed by atoms with E-state index in [-0.39, 0.29) is 23.6 Å². The van der Waals surface area contributed by atoms with Gasteiger partial charge < -0.3 is 15.1 Å². The first kappa shape index (κ1) is 12.9. The Hall–Kier alpha value is -1.59. The first-order chi connectivity index (χ1) is 8.58. The van der Waals surface area contributed by atoms with Crippen molar-refractivity contribution in [3.8, 4) is 0 Å². The van der Waals surface area contributed by atoms with E-state index in [1.807, 2.05) is 0 Å². The van der Waals surface area contributed by atoms with E-state index >= 15 is 0 Å². The lowest BCUT2D eigenvalue weighted by atomic mass is 10.1. The van der Waals surface area contributed by atoms with Crippen molar-refractivity contribution in [3.63, 3.8) is 0 Å². The number of rotatable bonds is 1. The van der Waals surface area contributed by atoms with Crippen LogP contribution in [-0.4, -0.2) is 60.2 Å². The van der Waals surface area contributed by atoms with E-state index in [0.717, 1.165) is 6.42 Å². The Morgan fingerprint density at radius 2 is 1.83 bits per heavy atom. The zero-order valence-corrected chi connectivity index (χ0v) is 10.6. The molecule has 2 rings (SSSR count). The van der Waals surface area contributed by atoms with Crippen LogP contribution in [0, 0.1) is 5.92 Å². The van der Waals surface area contributed by atoms with Crippen LogP contribution in [0.4, 0.5) is 0 Å². The monoisotopic (exact) mass is 253 g/mol. The first-order valence-electron chi connectivity index (χ1n) is 6.39. The molecule has 0 spiro atoms. The molecule has 2 fully saturated rings. The van der Waals surface area contributed by atoms with Crippen LogP contribution in [0.3, 0.4) is 0 Å². The molecule has 0 radical (unpaired) electrons. The number of hydrogen-bond donors (Lipinski definition) is 1. The van der Waals surface area contributed by atoms with Gasteiger partial charge in [-0.15, -0.1) is 0 Å². The Bertz CT molecular complexity index is 370. The van der Waals surface area contributed by atoms with Crippen LogP contribution in [0.2, 0.25) is 0 Å². The average Bonchev–Trinajstić information content (AvgIpc) is 2.63. The first-order valence-corrected chi connectivity index (χ1v) is 6.39. The maximum Gasteiger partial charge on any atom is 0.228 e. The van der Waals surface area contributed by atoms with Crippen LogP contribution in [-0.2, 0) is 14.4 Å². The second-order valence-electron chi connectivity index (χ2n) is 4.89. The SMILES string of the molecule is CC(=O)N1CCCN(C(=O)C2CNC(=O)C2)CC1. The van der Waals surface area contributed by atoms with Crippen molar-refractivity contribution in [2.45, 2.75) is 19.8 Å². The lowest BCUT2D eigenvalue weighted by molar-refractivity contribution is -0.136. The number of carbonyl (C=O) groups excluding carboxylic acids is 3. The van der Waals surface area contributed by atoms with Gasteiger partial charge in [-0.25, -0.2) is 0 Å². The molecule has 0 aromatic heterocycles. The van der Waals surface area contributed by atoms with Gasteiger partial charge in [-0.05, 0) is 6.42 Å². The molecular weight excluding hydrogens is 234 g/mol. The molecule has 2 heterocycles. The van der Waals surface area contributed by atoms with Gasteiger partial charge >= 0.3 is 0 Å². The molecule has 6 nitrogen and oxygen atoms in total. The van der Waals surface area contributed by atoms with E-state index in [2.05, 4.69) is 5.32 Å². The van der Waals surface area contributed by atoms with Gasteiger partial charge in [-0.1, -0.05) is 0 Å². The Kier molecular flexibility index (Phi) is 3.84. The third kappa shape index (κ3) is 2.80. The van der Waals surface area contributed by atoms with Crippen molar-refractivity contribution in [2.24, 2.45) is 5.92 Å². The molecular formula is C12H19N3O3. The summed E-state index contributed by atoms with van der Waals surface area (Å²) in [5, 5.41) is 2.68. The second-order valence-corrected chi connectivity index (χ2v) is 4.89. The molecule has 6 heteroatoms. The molecule has 0 aliphatic carbocycles. The van der Waals surface area contributed by atoms with E-state index in [1.165, 1.54) is 0 Å². The molecule has 100 valence electrons. The third-order valence-electron chi connectivity index (χ3n) is 3.58. The topological polar surface area (TPSA) is 69.7 Å². The van der Waals surface area contributed by atoms with Gasteiger partial charge in [0.1, 0.15) is 0 Å². The minimum Gasteiger partial charge on any atom is -0.355 e. The van der Waals surface area contributed by atoms with Crippen molar-refractivity contribution >= 4 is 17.7 Å². The fourth-order valence-electron chi connectivity index (χ4n) is 2.49. The molecule has 0 aromatic carbocycles. The molecule has 1 atom stereocenters. The fraction of sp³-hybridized carbons (Fsp3) is 0.750. The highest BCUT2D eigenvalue weighted by Crippen LogP contribution is 2.14. The molecule has 2 aliphatic rings. The van der Waals surface area contributed by atoms with Gasteiger partial charge in [0.25, 0.3) is 0 Å². The Morgan fingerprint density at radius 3 is 2.44 bits per heavy atom. The van der Waals surface area contributed by atoms with Crippen LogP contribution in [0.1, 0.15) is 19.8 Å². The van der Waals surface area contributed by atoms with Gasteiger partial charge in [-0.2, -0.15) is 0 Å². The highest BCUT2D eigenvalue weighted by Gasteiger charge is 2.32. The summed E-state index contributed by atoms with van der Waals surface area (Å²) in [5.41, 5.74) is 0. The highest BCUT2D eigenvalue weighted by molar-refractivity contribution is 5.89. The summed E-state index contributed by atoms with van der Waals surface area (Å²) in [4.78, 5) is 38.2. The van der Waals surface area contributed by atoms with E-state index in [4.69, 9.17) is 0 Å². The van der Waals surface area contributed by atoms with Crippen molar-refractivity contribution in [2.75, 3.05) is 32.7 Å². The lowest BCUT2D eigenvalue weighted by Crippen LogP contribution is -2.40. The zero-order valence-electron chi connectivity index (χ0n) is 10.6. The van der Waals surface area contributed by atoms with E-state index in [9.17, 15) is 14.4 Å². The highest BCUT2D eigenvalue weighted by atomic mass is 16.2. The predicted octanol–water partition coefficient (Wildman–Crippen LogP) is -0.797. The van der Waals surface area contributed by atoms with Gasteiger partial charge in [0.2, 0.25) is 17.7 Å². The smallest absolute Gasteiger partial charge is 0.228 e. The number of amides is 3. The van der Waals surface area contributed by atoms with Crippen molar-refractivity contribution < 1.29 is 14.4 Å². The molecule has 0 aromatic rings. The summed E-state index contributed by atoms with van der Waals surface area (Å²) >= 11 is 0. The quantitative estimate of drug-likeness (QED) is 0.665. The summed E-state index contributed by atoms with van der Waals surface area (Å²) in [6, 6.07) is 0. The molecule has 2 aliphatic heterocycles. The largest absolute Gasteiger partial charge is 0.355 e. The van der Waals surface area contributed by atoms with Crippen molar-refractivity contribution in [3.05, 3.63) is 0 Å². The standard InChI is InChI=1S/C12H19N3O3/c1-9(16)14-3-2-4-15(6-5-14)12(18)10-7-11(17)13-8-10/h10H,2-8H2,1H3,(H,13,17). The summed E-state index contributed by atoms with van der Waals surface area (Å²) in [6.07, 6.45) is 1.10. The van der Waals surface area contributed by atoms with E-state index in [0.29, 0.717) is 39.1 Å². The molecule has 3 amide bonds. The predicted molar refractivity (Wildman–Crippen MR) is 64.6 cm³/mol.